The number of alkyl halides is 4. The van der Waals surface area contributed by atoms with Gasteiger partial charge in [0.05, 0.1) is 16.7 Å². The second-order valence-corrected chi connectivity index (χ2v) is 11.5. The fourth-order valence-electron chi connectivity index (χ4n) is 4.66. The second kappa shape index (κ2) is 10.9. The molecular formula is C26H31F4N9S. The smallest absolute Gasteiger partial charge is 0.354 e. The third-order valence-electron chi connectivity index (χ3n) is 6.96. The van der Waals surface area contributed by atoms with Crippen molar-refractivity contribution in [3.63, 3.8) is 0 Å². The molecule has 0 saturated carbocycles. The third-order valence-corrected chi connectivity index (χ3v) is 7.81. The van der Waals surface area contributed by atoms with Crippen molar-refractivity contribution >= 4 is 40.2 Å². The number of aromatic nitrogens is 6. The van der Waals surface area contributed by atoms with Gasteiger partial charge in [-0.1, -0.05) is 0 Å². The van der Waals surface area contributed by atoms with Crippen molar-refractivity contribution < 1.29 is 17.6 Å². The summed E-state index contributed by atoms with van der Waals surface area (Å²) in [6, 6.07) is 9.04. The number of H-pyrrole nitrogens is 1. The predicted molar refractivity (Wildman–Crippen MR) is 147 cm³/mol. The van der Waals surface area contributed by atoms with Crippen LogP contribution in [0.4, 0.5) is 35.0 Å². The van der Waals surface area contributed by atoms with Crippen molar-refractivity contribution in [1.82, 2.24) is 34.6 Å². The Hall–Kier alpha value is -3.39. The van der Waals surface area contributed by atoms with Crippen LogP contribution in [0.1, 0.15) is 25.4 Å². The number of aryl methyl sites for hydroxylation is 2. The maximum absolute atomic E-state index is 13.5. The van der Waals surface area contributed by atoms with Crippen LogP contribution in [0.25, 0.3) is 11.0 Å². The molecule has 0 unspecified atom stereocenters. The molecule has 4 aromatic rings. The van der Waals surface area contributed by atoms with Gasteiger partial charge in [0.1, 0.15) is 36.4 Å². The Bertz CT molecular complexity index is 1490. The van der Waals surface area contributed by atoms with E-state index in [9.17, 15) is 17.6 Å². The first-order valence-electron chi connectivity index (χ1n) is 12.8. The largest absolute Gasteiger partial charge is 0.396 e. The first-order valence-corrected chi connectivity index (χ1v) is 13.7. The fourth-order valence-corrected chi connectivity index (χ4v) is 5.46. The molecule has 0 amide bonds. The number of imidazole rings is 1. The van der Waals surface area contributed by atoms with Gasteiger partial charge >= 0.3 is 6.18 Å². The maximum Gasteiger partial charge on any atom is 0.396 e. The lowest BCUT2D eigenvalue weighted by Gasteiger charge is -2.43. The molecule has 0 spiro atoms. The Morgan fingerprint density at radius 1 is 1.02 bits per heavy atom. The number of rotatable bonds is 8. The van der Waals surface area contributed by atoms with E-state index >= 15 is 0 Å². The number of fused-ring (bicyclic) bond motifs is 1. The number of halogens is 4. The quantitative estimate of drug-likeness (QED) is 0.216. The van der Waals surface area contributed by atoms with Crippen LogP contribution in [0, 0.1) is 6.92 Å². The van der Waals surface area contributed by atoms with Gasteiger partial charge in [-0.25, -0.2) is 19.3 Å². The summed E-state index contributed by atoms with van der Waals surface area (Å²) in [5, 5.41) is 10.8. The molecule has 1 aromatic carbocycles. The summed E-state index contributed by atoms with van der Waals surface area (Å²) in [7, 11) is 1.58. The molecule has 1 aliphatic heterocycles. The summed E-state index contributed by atoms with van der Waals surface area (Å²) in [5.41, 5.74) is 1.39. The summed E-state index contributed by atoms with van der Waals surface area (Å²) in [6.45, 7) is 8.02. The number of aromatic amines is 1. The molecule has 3 aromatic heterocycles. The summed E-state index contributed by atoms with van der Waals surface area (Å²) in [6.07, 6.45) is -5.44. The van der Waals surface area contributed by atoms with E-state index in [1.54, 1.807) is 25.2 Å². The minimum Gasteiger partial charge on any atom is -0.354 e. The highest BCUT2D eigenvalue weighted by Crippen LogP contribution is 2.32. The molecule has 5 rings (SSSR count). The number of hydrogen-bond donors (Lipinski definition) is 2. The summed E-state index contributed by atoms with van der Waals surface area (Å²) in [5.74, 6) is 1.93. The number of nitrogens with one attached hydrogen (secondary N) is 2. The number of hydrogen-bond acceptors (Lipinski definition) is 8. The highest BCUT2D eigenvalue weighted by atomic mass is 32.2. The van der Waals surface area contributed by atoms with Crippen LogP contribution in [0.5, 0.6) is 0 Å². The first kappa shape index (κ1) is 28.1. The Kier molecular flexibility index (Phi) is 7.66. The topological polar surface area (TPSA) is 90.8 Å². The molecule has 40 heavy (non-hydrogen) atoms. The van der Waals surface area contributed by atoms with Crippen molar-refractivity contribution in [3.8, 4) is 0 Å². The molecule has 0 aliphatic carbocycles. The van der Waals surface area contributed by atoms with E-state index in [2.05, 4.69) is 35.3 Å². The van der Waals surface area contributed by atoms with Gasteiger partial charge in [-0.15, -0.1) is 0 Å². The standard InChI is InChI=1S/C26H31F4N9S/c1-16-11-21(36-35-16)32-20-13-22(38-7-9-39(10-8-38)25(2,3)15-27)34-24(33-20)40-17-5-6-18-19(12-17)37(4)23(31-18)14-26(28,29)30/h5-6,11-13H,7-10,14-15H2,1-4H3,(H2,32,33,34,35,36). The molecule has 0 atom stereocenters. The minimum absolute atomic E-state index is 0.0423. The predicted octanol–water partition coefficient (Wildman–Crippen LogP) is 5.26. The molecule has 0 radical (unpaired) electrons. The molecule has 0 bridgehead atoms. The van der Waals surface area contributed by atoms with Gasteiger partial charge in [0.15, 0.2) is 5.16 Å². The molecule has 1 fully saturated rings. The lowest BCUT2D eigenvalue weighted by Crippen LogP contribution is -2.55. The monoisotopic (exact) mass is 577 g/mol. The van der Waals surface area contributed by atoms with Crippen LogP contribution in [0.3, 0.4) is 0 Å². The van der Waals surface area contributed by atoms with Crippen molar-refractivity contribution in [3.05, 3.63) is 41.9 Å². The molecular weight excluding hydrogens is 546 g/mol. The molecule has 4 heterocycles. The summed E-state index contributed by atoms with van der Waals surface area (Å²) < 4.78 is 54.0. The summed E-state index contributed by atoms with van der Waals surface area (Å²) >= 11 is 1.31. The number of benzene rings is 1. The Balaban J connectivity index is 1.42. The molecule has 1 saturated heterocycles. The van der Waals surface area contributed by atoms with Gasteiger partial charge in [0.2, 0.25) is 0 Å². The van der Waals surface area contributed by atoms with Gasteiger partial charge < -0.3 is 14.8 Å². The van der Waals surface area contributed by atoms with E-state index in [1.165, 1.54) is 16.3 Å². The van der Waals surface area contributed by atoms with Gasteiger partial charge in [-0.05, 0) is 50.7 Å². The SMILES string of the molecule is Cc1cc(Nc2cc(N3CCN(C(C)(C)CF)CC3)nc(Sc3ccc4nc(CC(F)(F)F)n(C)c4c3)n2)[nH]n1. The van der Waals surface area contributed by atoms with Gasteiger partial charge in [-0.3, -0.25) is 10.00 Å². The molecule has 9 nitrogen and oxygen atoms in total. The van der Waals surface area contributed by atoms with Crippen molar-refractivity contribution in [2.75, 3.05) is 43.1 Å². The number of nitrogens with zero attached hydrogens (tertiary/aromatic N) is 7. The van der Waals surface area contributed by atoms with Crippen molar-refractivity contribution in [2.24, 2.45) is 7.05 Å². The van der Waals surface area contributed by atoms with Crippen LogP contribution in [-0.2, 0) is 13.5 Å². The van der Waals surface area contributed by atoms with E-state index < -0.39 is 24.8 Å². The fraction of sp³-hybridized carbons (Fsp3) is 0.462. The van der Waals surface area contributed by atoms with Crippen molar-refractivity contribution in [1.29, 1.82) is 0 Å². The van der Waals surface area contributed by atoms with Crippen LogP contribution in [-0.4, -0.2) is 79.2 Å². The summed E-state index contributed by atoms with van der Waals surface area (Å²) in [4.78, 5) is 18.7. The number of anilines is 3. The Morgan fingerprint density at radius 2 is 1.77 bits per heavy atom. The van der Waals surface area contributed by atoms with E-state index in [-0.39, 0.29) is 5.82 Å². The lowest BCUT2D eigenvalue weighted by molar-refractivity contribution is -0.128. The molecule has 2 N–H and O–H groups in total. The highest BCUT2D eigenvalue weighted by molar-refractivity contribution is 7.99. The molecule has 14 heteroatoms. The van der Waals surface area contributed by atoms with Gasteiger partial charge in [-0.2, -0.15) is 18.3 Å². The van der Waals surface area contributed by atoms with Crippen LogP contribution in [0.2, 0.25) is 0 Å². The Morgan fingerprint density at radius 3 is 2.42 bits per heavy atom. The van der Waals surface area contributed by atoms with E-state index in [4.69, 9.17) is 4.98 Å². The maximum atomic E-state index is 13.5. The first-order chi connectivity index (χ1) is 18.9. The average molecular weight is 578 g/mol. The zero-order chi connectivity index (χ0) is 28.7. The lowest BCUT2D eigenvalue weighted by atomic mass is 10.0. The average Bonchev–Trinajstić information content (AvgIpc) is 3.44. The van der Waals surface area contributed by atoms with Crippen LogP contribution >= 0.6 is 11.8 Å². The van der Waals surface area contributed by atoms with Gasteiger partial charge in [0, 0.05) is 55.8 Å². The zero-order valence-electron chi connectivity index (χ0n) is 22.7. The third kappa shape index (κ3) is 6.33. The van der Waals surface area contributed by atoms with Gasteiger partial charge in [0.25, 0.3) is 0 Å². The van der Waals surface area contributed by atoms with E-state index in [0.29, 0.717) is 54.0 Å². The normalized spacial score (nSPS) is 15.2. The van der Waals surface area contributed by atoms with E-state index in [0.717, 1.165) is 16.4 Å². The van der Waals surface area contributed by atoms with E-state index in [1.807, 2.05) is 32.9 Å². The van der Waals surface area contributed by atoms with Crippen LogP contribution in [0.15, 0.2) is 40.4 Å². The molecule has 1 aliphatic rings. The van der Waals surface area contributed by atoms with Crippen molar-refractivity contribution in [2.45, 2.75) is 49.0 Å². The minimum atomic E-state index is -4.34. The number of piperazine rings is 1. The Labute approximate surface area is 233 Å². The van der Waals surface area contributed by atoms with Crippen LogP contribution < -0.4 is 10.2 Å². The molecule has 214 valence electrons. The zero-order valence-corrected chi connectivity index (χ0v) is 23.5. The second-order valence-electron chi connectivity index (χ2n) is 10.5. The highest BCUT2D eigenvalue weighted by Gasteiger charge is 2.31.